The van der Waals surface area contributed by atoms with Crippen molar-refractivity contribution in [3.63, 3.8) is 0 Å². The molecule has 0 bridgehead atoms. The molecular formula is C50H27N3OS. The van der Waals surface area contributed by atoms with E-state index in [0.717, 1.165) is 38.6 Å². The summed E-state index contributed by atoms with van der Waals surface area (Å²) in [4.78, 5) is 10.9. The number of fused-ring (bicyclic) bond motifs is 18. The maximum Gasteiger partial charge on any atom is 0.238 e. The van der Waals surface area contributed by atoms with Crippen molar-refractivity contribution in [1.29, 1.82) is 0 Å². The molecule has 55 heavy (non-hydrogen) atoms. The highest BCUT2D eigenvalue weighted by atomic mass is 32.1. The molecule has 4 aromatic heterocycles. The molecule has 0 aliphatic carbocycles. The van der Waals surface area contributed by atoms with Crippen molar-refractivity contribution in [2.75, 3.05) is 0 Å². The number of nitrogens with zero attached hydrogens (tertiary/aromatic N) is 3. The van der Waals surface area contributed by atoms with Gasteiger partial charge in [-0.2, -0.15) is 4.98 Å². The molecule has 0 aliphatic rings. The third-order valence-electron chi connectivity index (χ3n) is 11.6. The molecule has 4 heterocycles. The zero-order chi connectivity index (χ0) is 35.8. The number of para-hydroxylation sites is 1. The average Bonchev–Trinajstić information content (AvgIpc) is 3.92. The molecule has 0 aliphatic heterocycles. The summed E-state index contributed by atoms with van der Waals surface area (Å²) in [5.41, 5.74) is 5.37. The normalized spacial score (nSPS) is 12.4. The second kappa shape index (κ2) is 10.8. The molecule has 9 aromatic carbocycles. The van der Waals surface area contributed by atoms with E-state index in [4.69, 9.17) is 14.4 Å². The van der Waals surface area contributed by atoms with Gasteiger partial charge in [-0.1, -0.05) is 127 Å². The quantitative estimate of drug-likeness (QED) is 0.167. The highest BCUT2D eigenvalue weighted by Crippen LogP contribution is 2.46. The lowest BCUT2D eigenvalue weighted by Crippen LogP contribution is -2.03. The number of rotatable bonds is 2. The molecule has 13 rings (SSSR count). The molecule has 0 spiro atoms. The van der Waals surface area contributed by atoms with E-state index in [9.17, 15) is 0 Å². The standard InChI is InChI=1S/C50H27N3OS/c1-2-12-30-28(11-1)21-24-39-45(30)47-40(25-23-36-33-15-4-3-13-31(33)32-14-5-6-17-35(32)44(36)47)53(39)50-51-48(46-37-18-7-9-19-41(37)54-49(46)52-50)29-22-26-43-38(27-29)34-16-8-10-20-42(34)55-43/h1-27H. The maximum absolute atomic E-state index is 6.60. The van der Waals surface area contributed by atoms with E-state index in [2.05, 4.69) is 156 Å². The van der Waals surface area contributed by atoms with Gasteiger partial charge in [-0.05, 0) is 74.1 Å². The van der Waals surface area contributed by atoms with Gasteiger partial charge in [0.2, 0.25) is 11.7 Å². The summed E-state index contributed by atoms with van der Waals surface area (Å²) in [6.07, 6.45) is 0. The van der Waals surface area contributed by atoms with Gasteiger partial charge in [0.05, 0.1) is 22.1 Å². The molecule has 5 heteroatoms. The van der Waals surface area contributed by atoms with Crippen molar-refractivity contribution in [1.82, 2.24) is 14.5 Å². The Morgan fingerprint density at radius 3 is 1.87 bits per heavy atom. The highest BCUT2D eigenvalue weighted by molar-refractivity contribution is 7.25. The lowest BCUT2D eigenvalue weighted by atomic mass is 9.91. The van der Waals surface area contributed by atoms with Crippen molar-refractivity contribution in [3.05, 3.63) is 164 Å². The van der Waals surface area contributed by atoms with E-state index in [1.54, 1.807) is 0 Å². The molecule has 0 fully saturated rings. The van der Waals surface area contributed by atoms with Gasteiger partial charge in [-0.15, -0.1) is 11.3 Å². The molecule has 13 aromatic rings. The van der Waals surface area contributed by atoms with Gasteiger partial charge in [0.25, 0.3) is 0 Å². The van der Waals surface area contributed by atoms with Crippen LogP contribution in [0.3, 0.4) is 0 Å². The Hall–Kier alpha value is -7.08. The van der Waals surface area contributed by atoms with Crippen LogP contribution in [-0.4, -0.2) is 14.5 Å². The Morgan fingerprint density at radius 1 is 0.418 bits per heavy atom. The zero-order valence-electron chi connectivity index (χ0n) is 29.2. The van der Waals surface area contributed by atoms with Crippen LogP contribution in [0.1, 0.15) is 0 Å². The molecule has 0 saturated heterocycles. The number of hydrogen-bond donors (Lipinski definition) is 0. The Bertz CT molecular complexity index is 3760. The fraction of sp³-hybridized carbons (Fsp3) is 0. The van der Waals surface area contributed by atoms with Gasteiger partial charge in [0.1, 0.15) is 5.58 Å². The summed E-state index contributed by atoms with van der Waals surface area (Å²) in [7, 11) is 0. The molecule has 0 radical (unpaired) electrons. The summed E-state index contributed by atoms with van der Waals surface area (Å²) >= 11 is 1.82. The maximum atomic E-state index is 6.60. The van der Waals surface area contributed by atoms with Crippen molar-refractivity contribution < 1.29 is 4.42 Å². The van der Waals surface area contributed by atoms with Crippen LogP contribution in [0.5, 0.6) is 0 Å². The van der Waals surface area contributed by atoms with Gasteiger partial charge in [-0.25, -0.2) is 4.98 Å². The third-order valence-corrected chi connectivity index (χ3v) is 12.8. The van der Waals surface area contributed by atoms with E-state index in [0.29, 0.717) is 11.7 Å². The van der Waals surface area contributed by atoms with Crippen molar-refractivity contribution in [2.45, 2.75) is 0 Å². The van der Waals surface area contributed by atoms with Crippen LogP contribution in [0, 0.1) is 0 Å². The van der Waals surface area contributed by atoms with Crippen LogP contribution < -0.4 is 0 Å². The second-order valence-corrected chi connectivity index (χ2v) is 15.5. The topological polar surface area (TPSA) is 43.9 Å². The number of hydrogen-bond acceptors (Lipinski definition) is 4. The monoisotopic (exact) mass is 717 g/mol. The first-order valence-electron chi connectivity index (χ1n) is 18.6. The largest absolute Gasteiger partial charge is 0.437 e. The van der Waals surface area contributed by atoms with Crippen LogP contribution in [0.25, 0.3) is 124 Å². The number of benzene rings is 9. The number of aromatic nitrogens is 3. The minimum atomic E-state index is 0.574. The van der Waals surface area contributed by atoms with E-state index in [-0.39, 0.29) is 0 Å². The lowest BCUT2D eigenvalue weighted by Gasteiger charge is -2.13. The second-order valence-electron chi connectivity index (χ2n) is 14.4. The van der Waals surface area contributed by atoms with E-state index in [1.165, 1.54) is 74.0 Å². The molecule has 4 nitrogen and oxygen atoms in total. The summed E-state index contributed by atoms with van der Waals surface area (Å²) < 4.78 is 11.4. The smallest absolute Gasteiger partial charge is 0.238 e. The van der Waals surface area contributed by atoms with Crippen LogP contribution in [-0.2, 0) is 0 Å². The van der Waals surface area contributed by atoms with Gasteiger partial charge < -0.3 is 4.42 Å². The zero-order valence-corrected chi connectivity index (χ0v) is 30.1. The molecular weight excluding hydrogens is 691 g/mol. The fourth-order valence-corrected chi connectivity index (χ4v) is 10.4. The Balaban J connectivity index is 1.21. The predicted molar refractivity (Wildman–Crippen MR) is 232 cm³/mol. The van der Waals surface area contributed by atoms with Gasteiger partial charge in [0.15, 0.2) is 0 Å². The lowest BCUT2D eigenvalue weighted by molar-refractivity contribution is 0.651. The van der Waals surface area contributed by atoms with Crippen LogP contribution in [0.2, 0.25) is 0 Å². The molecule has 0 N–H and O–H groups in total. The molecule has 0 unspecified atom stereocenters. The summed E-state index contributed by atoms with van der Waals surface area (Å²) in [5.74, 6) is 0.580. The Labute approximate surface area is 317 Å². The van der Waals surface area contributed by atoms with Crippen LogP contribution in [0.15, 0.2) is 168 Å². The minimum absolute atomic E-state index is 0.574. The fourth-order valence-electron chi connectivity index (χ4n) is 9.27. The van der Waals surface area contributed by atoms with Crippen molar-refractivity contribution >= 4 is 118 Å². The predicted octanol–water partition coefficient (Wildman–Crippen LogP) is 14.1. The molecule has 254 valence electrons. The number of thiophene rings is 1. The van der Waals surface area contributed by atoms with E-state index in [1.807, 2.05) is 23.5 Å². The Kier molecular flexibility index (Phi) is 5.74. The van der Waals surface area contributed by atoms with Crippen molar-refractivity contribution in [3.8, 4) is 17.2 Å². The average molecular weight is 718 g/mol. The van der Waals surface area contributed by atoms with E-state index >= 15 is 0 Å². The third kappa shape index (κ3) is 3.94. The minimum Gasteiger partial charge on any atom is -0.437 e. The van der Waals surface area contributed by atoms with Crippen molar-refractivity contribution in [2.24, 2.45) is 0 Å². The molecule has 0 saturated carbocycles. The first-order chi connectivity index (χ1) is 27.3. The van der Waals surface area contributed by atoms with Crippen LogP contribution >= 0.6 is 11.3 Å². The first kappa shape index (κ1) is 29.4. The Morgan fingerprint density at radius 2 is 1.04 bits per heavy atom. The van der Waals surface area contributed by atoms with Gasteiger partial charge in [0, 0.05) is 47.3 Å². The number of furan rings is 1. The summed E-state index contributed by atoms with van der Waals surface area (Å²) in [5, 5.41) is 16.7. The molecule has 0 amide bonds. The first-order valence-corrected chi connectivity index (χ1v) is 19.4. The van der Waals surface area contributed by atoms with E-state index < -0.39 is 0 Å². The SMILES string of the molecule is c1ccc2c(c1)ccc1c2c2c3c4ccccc4c4ccccc4c3ccc2n1-c1nc(-c2ccc3sc4ccccc4c3c2)c2c(n1)oc1ccccc12. The summed E-state index contributed by atoms with van der Waals surface area (Å²) in [6, 6.07) is 58.9. The molecule has 0 atom stereocenters. The summed E-state index contributed by atoms with van der Waals surface area (Å²) in [6.45, 7) is 0. The van der Waals surface area contributed by atoms with Crippen LogP contribution in [0.4, 0.5) is 0 Å². The highest BCUT2D eigenvalue weighted by Gasteiger charge is 2.24. The van der Waals surface area contributed by atoms with Gasteiger partial charge >= 0.3 is 0 Å². The van der Waals surface area contributed by atoms with Gasteiger partial charge in [-0.3, -0.25) is 4.57 Å².